The van der Waals surface area contributed by atoms with Crippen molar-refractivity contribution in [1.29, 1.82) is 0 Å². The van der Waals surface area contributed by atoms with E-state index < -0.39 is 31.3 Å². The molecule has 6 aromatic carbocycles. The molecule has 0 nitrogen and oxygen atoms in total. The molecule has 0 radical (unpaired) electrons. The van der Waals surface area contributed by atoms with Crippen molar-refractivity contribution in [2.45, 2.75) is 0 Å². The van der Waals surface area contributed by atoms with Crippen LogP contribution in [-0.4, -0.2) is 15.4 Å². The summed E-state index contributed by atoms with van der Waals surface area (Å²) in [4.78, 5) is 0. The van der Waals surface area contributed by atoms with Crippen molar-refractivity contribution in [2.24, 2.45) is 0 Å². The first-order valence-electron chi connectivity index (χ1n) is 13.3. The van der Waals surface area contributed by atoms with Crippen LogP contribution in [-0.2, 0) is 0 Å². The fourth-order valence-corrected chi connectivity index (χ4v) is 15.9. The molecule has 0 saturated carbocycles. The maximum absolute atomic E-state index is 2.42. The molecule has 0 fully saturated rings. The molecule has 0 aliphatic rings. The zero-order chi connectivity index (χ0) is 26.3. The van der Waals surface area contributed by atoms with Gasteiger partial charge < -0.3 is 0 Å². The first-order valence-corrected chi connectivity index (χ1v) is 19.0. The molecular weight excluding hydrogens is 567 g/mol. The molecule has 0 unspecified atom stereocenters. The third kappa shape index (κ3) is 6.00. The van der Waals surface area contributed by atoms with Crippen molar-refractivity contribution in [1.82, 2.24) is 0 Å². The maximum atomic E-state index is 2.42. The third-order valence-corrected chi connectivity index (χ3v) is 17.4. The van der Waals surface area contributed by atoms with Gasteiger partial charge in [0.1, 0.15) is 0 Å². The molecule has 0 spiro atoms. The van der Waals surface area contributed by atoms with Crippen molar-refractivity contribution in [3.8, 4) is 0 Å². The molecule has 0 bridgehead atoms. The van der Waals surface area contributed by atoms with Gasteiger partial charge in [-0.2, -0.15) is 0 Å². The second-order valence-corrected chi connectivity index (χ2v) is 17.8. The van der Waals surface area contributed by atoms with E-state index in [1.165, 1.54) is 31.8 Å². The van der Waals surface area contributed by atoms with E-state index in [9.17, 15) is 0 Å². The first kappa shape index (κ1) is 26.0. The minimum absolute atomic E-state index is 0.623. The third-order valence-electron chi connectivity index (χ3n) is 6.90. The van der Waals surface area contributed by atoms with Gasteiger partial charge in [0, 0.05) is 0 Å². The van der Waals surface area contributed by atoms with E-state index in [0.29, 0.717) is 0 Å². The summed E-state index contributed by atoms with van der Waals surface area (Å²) in [6.45, 7) is 0. The molecule has 0 heterocycles. The second-order valence-electron chi connectivity index (χ2n) is 9.45. The summed E-state index contributed by atoms with van der Waals surface area (Å²) >= 11 is -1.35. The summed E-state index contributed by atoms with van der Waals surface area (Å²) in [6, 6.07) is 63.0. The molecule has 3 heteroatoms. The van der Waals surface area contributed by atoms with Gasteiger partial charge in [-0.05, 0) is 0 Å². The van der Waals surface area contributed by atoms with E-state index in [1.807, 2.05) is 0 Å². The summed E-state index contributed by atoms with van der Waals surface area (Å²) < 4.78 is 3.18. The molecule has 39 heavy (non-hydrogen) atoms. The van der Waals surface area contributed by atoms with Crippen LogP contribution in [0.5, 0.6) is 0 Å². The molecule has 0 aliphatic carbocycles. The summed E-state index contributed by atoms with van der Waals surface area (Å²) in [6.07, 6.45) is 0. The van der Waals surface area contributed by atoms with Crippen molar-refractivity contribution >= 4 is 71.9 Å². The summed E-state index contributed by atoms with van der Waals surface area (Å²) in [7, 11) is -1.25. The zero-order valence-corrected chi connectivity index (χ0v) is 26.5. The van der Waals surface area contributed by atoms with Gasteiger partial charge in [0.25, 0.3) is 0 Å². The molecule has 0 aromatic heterocycles. The Morgan fingerprint density at radius 1 is 0.282 bits per heavy atom. The topological polar surface area (TPSA) is 0 Å². The van der Waals surface area contributed by atoms with Gasteiger partial charge in [-0.25, -0.2) is 0 Å². The molecule has 0 aliphatic heterocycles. The Kier molecular flexibility index (Phi) is 8.47. The number of hydrogen-bond donors (Lipinski definition) is 0. The summed E-state index contributed by atoms with van der Waals surface area (Å²) in [5.74, 6) is 0. The van der Waals surface area contributed by atoms with E-state index in [0.717, 1.165) is 0 Å². The number of rotatable bonds is 8. The first-order chi connectivity index (χ1) is 19.4. The van der Waals surface area contributed by atoms with Crippen LogP contribution in [0.4, 0.5) is 0 Å². The van der Waals surface area contributed by atoms with Crippen molar-refractivity contribution in [3.63, 3.8) is 0 Å². The predicted molar refractivity (Wildman–Crippen MR) is 178 cm³/mol. The zero-order valence-electron chi connectivity index (χ0n) is 21.8. The van der Waals surface area contributed by atoms with Gasteiger partial charge in [0.2, 0.25) is 0 Å². The van der Waals surface area contributed by atoms with Crippen molar-refractivity contribution < 1.29 is 0 Å². The molecule has 0 N–H and O–H groups in total. The molecule has 0 amide bonds. The number of hydrogen-bond acceptors (Lipinski definition) is 0. The predicted octanol–water partition coefficient (Wildman–Crippen LogP) is 4.32. The average Bonchev–Trinajstić information content (AvgIpc) is 3.01. The molecular formula is C36H30GeP2. The Bertz CT molecular complexity index is 1420. The van der Waals surface area contributed by atoms with Crippen LogP contribution in [0, 0.1) is 0 Å². The summed E-state index contributed by atoms with van der Waals surface area (Å²) in [5, 5.41) is 8.69. The SMILES string of the molecule is c1ccc(P(c2ccccc2)c2cccc[c]2[GeH2][c]2ccccc2P(c2ccccc2)c2ccccc2)cc1. The molecule has 188 valence electrons. The van der Waals surface area contributed by atoms with Crippen LogP contribution in [0.2, 0.25) is 0 Å². The van der Waals surface area contributed by atoms with E-state index >= 15 is 0 Å². The van der Waals surface area contributed by atoms with Gasteiger partial charge in [-0.1, -0.05) is 0 Å². The Hall–Kier alpha value is -3.28. The fourth-order valence-electron chi connectivity index (χ4n) is 5.12. The average molecular weight is 597 g/mol. The van der Waals surface area contributed by atoms with Crippen molar-refractivity contribution in [3.05, 3.63) is 170 Å². The monoisotopic (exact) mass is 598 g/mol. The Labute approximate surface area is 240 Å². The molecule has 6 aromatic rings. The number of benzene rings is 6. The van der Waals surface area contributed by atoms with Crippen LogP contribution in [0.3, 0.4) is 0 Å². The van der Waals surface area contributed by atoms with E-state index in [1.54, 1.807) is 8.79 Å². The minimum atomic E-state index is -1.35. The van der Waals surface area contributed by atoms with E-state index in [-0.39, 0.29) is 0 Å². The van der Waals surface area contributed by atoms with Crippen LogP contribution in [0.25, 0.3) is 0 Å². The Morgan fingerprint density at radius 2 is 0.538 bits per heavy atom. The normalized spacial score (nSPS) is 11.1. The molecule has 6 rings (SSSR count). The van der Waals surface area contributed by atoms with Crippen LogP contribution in [0.15, 0.2) is 170 Å². The Morgan fingerprint density at radius 3 is 0.846 bits per heavy atom. The van der Waals surface area contributed by atoms with Crippen LogP contribution >= 0.6 is 15.8 Å². The molecule has 0 atom stereocenters. The van der Waals surface area contributed by atoms with Crippen LogP contribution < -0.4 is 40.6 Å². The van der Waals surface area contributed by atoms with Crippen LogP contribution in [0.1, 0.15) is 0 Å². The second kappa shape index (κ2) is 12.7. The quantitative estimate of drug-likeness (QED) is 0.181. The fraction of sp³-hybridized carbons (Fsp3) is 0. The van der Waals surface area contributed by atoms with E-state index in [4.69, 9.17) is 0 Å². The van der Waals surface area contributed by atoms with Crippen molar-refractivity contribution in [2.75, 3.05) is 0 Å². The standard InChI is InChI=1S/C36H30GeP2/c1-5-17-29(18-6-1)38(30-19-7-2-8-20-30)35-27-15-13-25-33(35)37-34-26-14-16-28-36(34)39(31-21-9-3-10-22-31)32-23-11-4-12-24-32/h1-28H,37H2. The summed E-state index contributed by atoms with van der Waals surface area (Å²) in [5.41, 5.74) is 0. The van der Waals surface area contributed by atoms with Gasteiger partial charge in [0.05, 0.1) is 0 Å². The van der Waals surface area contributed by atoms with E-state index in [2.05, 4.69) is 170 Å². The van der Waals surface area contributed by atoms with Gasteiger partial charge in [0.15, 0.2) is 0 Å². The van der Waals surface area contributed by atoms with Gasteiger partial charge in [-0.3, -0.25) is 0 Å². The Balaban J connectivity index is 1.46. The molecule has 0 saturated heterocycles. The van der Waals surface area contributed by atoms with Gasteiger partial charge in [-0.15, -0.1) is 0 Å². The van der Waals surface area contributed by atoms with Gasteiger partial charge >= 0.3 is 242 Å².